The maximum absolute atomic E-state index is 5.90. The third kappa shape index (κ3) is 5.53. The second-order valence-electron chi connectivity index (χ2n) is 2.17. The Hall–Kier alpha value is 0.757. The van der Waals surface area contributed by atoms with Gasteiger partial charge in [-0.3, -0.25) is 0 Å². The van der Waals surface area contributed by atoms with Crippen molar-refractivity contribution in [3.63, 3.8) is 0 Å². The molecule has 0 saturated heterocycles. The molecule has 0 fully saturated rings. The number of unbranched alkanes of at least 4 members (excludes halogenated alkanes) is 1. The first-order chi connectivity index (χ1) is 4.62. The molecule has 0 unspecified atom stereocenters. The molecule has 0 aliphatic carbocycles. The number of rotatable bonds is 5. The summed E-state index contributed by atoms with van der Waals surface area (Å²) >= 11 is 11.8. The highest BCUT2D eigenvalue weighted by Gasteiger charge is 2.28. The van der Waals surface area contributed by atoms with Gasteiger partial charge in [0.1, 0.15) is 0 Å². The first-order valence-electron chi connectivity index (χ1n) is 3.64. The van der Waals surface area contributed by atoms with Crippen LogP contribution in [0.4, 0.5) is 0 Å². The summed E-state index contributed by atoms with van der Waals surface area (Å²) in [6, 6.07) is 0.848. The molecular weight excluding hydrogens is 187 g/mol. The van der Waals surface area contributed by atoms with Gasteiger partial charge in [0.2, 0.25) is 0 Å². The van der Waals surface area contributed by atoms with E-state index in [4.69, 9.17) is 26.6 Å². The smallest absolute Gasteiger partial charge is 0.389 e. The van der Waals surface area contributed by atoms with Crippen LogP contribution in [0.5, 0.6) is 0 Å². The van der Waals surface area contributed by atoms with Gasteiger partial charge in [0.05, 0.1) is 0 Å². The predicted octanol–water partition coefficient (Wildman–Crippen LogP) is 3.24. The lowest BCUT2D eigenvalue weighted by Gasteiger charge is -2.14. The van der Waals surface area contributed by atoms with Gasteiger partial charge in [-0.1, -0.05) is 19.8 Å². The molecule has 0 spiro atoms. The van der Waals surface area contributed by atoms with Crippen molar-refractivity contribution in [2.24, 2.45) is 0 Å². The monoisotopic (exact) mass is 200 g/mol. The summed E-state index contributed by atoms with van der Waals surface area (Å²) in [4.78, 5) is 0. The minimum Gasteiger partial charge on any atom is -0.393 e. The molecular formula is C6H14Cl2OSi. The van der Waals surface area contributed by atoms with Crippen LogP contribution in [0.15, 0.2) is 0 Å². The third-order valence-electron chi connectivity index (χ3n) is 1.18. The highest BCUT2D eigenvalue weighted by atomic mass is 35.7. The average molecular weight is 201 g/mol. The van der Waals surface area contributed by atoms with E-state index >= 15 is 0 Å². The Morgan fingerprint density at radius 2 is 1.90 bits per heavy atom. The van der Waals surface area contributed by atoms with Crippen molar-refractivity contribution in [3.8, 4) is 0 Å². The highest BCUT2D eigenvalue weighted by Crippen LogP contribution is 2.23. The largest absolute Gasteiger partial charge is 0.393 e. The van der Waals surface area contributed by atoms with E-state index in [1.807, 2.05) is 6.92 Å². The normalized spacial score (nSPS) is 12.0. The average Bonchev–Trinajstić information content (AvgIpc) is 1.84. The molecule has 0 aromatic carbocycles. The lowest BCUT2D eigenvalue weighted by atomic mass is 10.4. The summed E-state index contributed by atoms with van der Waals surface area (Å²) in [7, 11) is 0. The molecule has 0 rings (SSSR count). The standard InChI is InChI=1S/C6H14Cl2OSi/c1-3-5-6-10(7,8)9-4-2/h3-6H2,1-2H3. The molecule has 1 nitrogen and oxygen atoms in total. The molecule has 62 valence electrons. The molecule has 0 saturated carbocycles. The Labute approximate surface area is 73.2 Å². The number of hydrogen-bond acceptors (Lipinski definition) is 1. The van der Waals surface area contributed by atoms with Crippen LogP contribution in [0, 0.1) is 0 Å². The van der Waals surface area contributed by atoms with E-state index in [0.717, 1.165) is 18.9 Å². The van der Waals surface area contributed by atoms with Crippen LogP contribution in [-0.4, -0.2) is 13.5 Å². The van der Waals surface area contributed by atoms with Crippen molar-refractivity contribution in [2.45, 2.75) is 32.7 Å². The topological polar surface area (TPSA) is 9.23 Å². The van der Waals surface area contributed by atoms with Crippen LogP contribution in [0.1, 0.15) is 26.7 Å². The van der Waals surface area contributed by atoms with Gasteiger partial charge in [-0.25, -0.2) is 0 Å². The zero-order valence-electron chi connectivity index (χ0n) is 6.49. The van der Waals surface area contributed by atoms with Crippen LogP contribution in [0.2, 0.25) is 6.04 Å². The Morgan fingerprint density at radius 1 is 1.30 bits per heavy atom. The predicted molar refractivity (Wildman–Crippen MR) is 48.8 cm³/mol. The van der Waals surface area contributed by atoms with Gasteiger partial charge in [0, 0.05) is 6.61 Å². The van der Waals surface area contributed by atoms with Gasteiger partial charge in [-0.2, -0.15) is 0 Å². The summed E-state index contributed by atoms with van der Waals surface area (Å²) in [5.74, 6) is 0. The van der Waals surface area contributed by atoms with Crippen LogP contribution in [0.25, 0.3) is 0 Å². The maximum atomic E-state index is 5.90. The zero-order valence-corrected chi connectivity index (χ0v) is 9.00. The number of hydrogen-bond donors (Lipinski definition) is 0. The summed E-state index contributed by atoms with van der Waals surface area (Å²) in [5, 5.41) is 0. The molecule has 0 amide bonds. The molecule has 0 atom stereocenters. The molecule has 0 bridgehead atoms. The van der Waals surface area contributed by atoms with Crippen molar-refractivity contribution < 1.29 is 4.43 Å². The first-order valence-corrected chi connectivity index (χ1v) is 7.78. The van der Waals surface area contributed by atoms with Gasteiger partial charge in [0.25, 0.3) is 0 Å². The summed E-state index contributed by atoms with van der Waals surface area (Å²) < 4.78 is 5.20. The minimum atomic E-state index is -2.28. The molecule has 0 aliphatic rings. The fraction of sp³-hybridized carbons (Fsp3) is 1.00. The van der Waals surface area contributed by atoms with Crippen molar-refractivity contribution in [3.05, 3.63) is 0 Å². The van der Waals surface area contributed by atoms with Crippen LogP contribution in [0.3, 0.4) is 0 Å². The fourth-order valence-corrected chi connectivity index (χ4v) is 3.45. The molecule has 0 aliphatic heterocycles. The Kier molecular flexibility index (Phi) is 5.82. The van der Waals surface area contributed by atoms with Crippen LogP contribution >= 0.6 is 22.2 Å². The molecule has 0 radical (unpaired) electrons. The van der Waals surface area contributed by atoms with E-state index in [9.17, 15) is 0 Å². The SMILES string of the molecule is CCCC[Si](Cl)(Cl)OCC. The van der Waals surface area contributed by atoms with Crippen LogP contribution < -0.4 is 0 Å². The Morgan fingerprint density at radius 3 is 2.30 bits per heavy atom. The van der Waals surface area contributed by atoms with Crippen molar-refractivity contribution in [2.75, 3.05) is 6.61 Å². The van der Waals surface area contributed by atoms with Gasteiger partial charge in [-0.05, 0) is 13.0 Å². The molecule has 0 aromatic rings. The third-order valence-corrected chi connectivity index (χ3v) is 4.61. The highest BCUT2D eigenvalue weighted by molar-refractivity contribution is 7.42. The summed E-state index contributed by atoms with van der Waals surface area (Å²) in [6.07, 6.45) is 2.19. The molecule has 0 N–H and O–H groups in total. The Balaban J connectivity index is 3.42. The lowest BCUT2D eigenvalue weighted by Crippen LogP contribution is -2.23. The Bertz CT molecular complexity index is 87.8. The molecule has 0 aromatic heterocycles. The van der Waals surface area contributed by atoms with Crippen molar-refractivity contribution in [1.82, 2.24) is 0 Å². The second-order valence-corrected chi connectivity index (χ2v) is 8.48. The molecule has 4 heteroatoms. The first kappa shape index (κ1) is 10.8. The van der Waals surface area contributed by atoms with Crippen molar-refractivity contribution >= 4 is 29.1 Å². The summed E-state index contributed by atoms with van der Waals surface area (Å²) in [5.41, 5.74) is 0. The van der Waals surface area contributed by atoms with E-state index in [0.29, 0.717) is 6.61 Å². The van der Waals surface area contributed by atoms with E-state index in [2.05, 4.69) is 6.92 Å². The molecule has 0 heterocycles. The van der Waals surface area contributed by atoms with Crippen molar-refractivity contribution in [1.29, 1.82) is 0 Å². The minimum absolute atomic E-state index is 0.628. The number of halogens is 2. The van der Waals surface area contributed by atoms with Gasteiger partial charge in [-0.15, -0.1) is 22.2 Å². The maximum Gasteiger partial charge on any atom is 0.389 e. The van der Waals surface area contributed by atoms with Gasteiger partial charge in [0.15, 0.2) is 0 Å². The second kappa shape index (κ2) is 5.41. The summed E-state index contributed by atoms with van der Waals surface area (Å²) in [6.45, 7) is 2.38. The zero-order chi connectivity index (χ0) is 8.04. The molecule has 10 heavy (non-hydrogen) atoms. The van der Waals surface area contributed by atoms with E-state index < -0.39 is 6.94 Å². The van der Waals surface area contributed by atoms with Gasteiger partial charge < -0.3 is 4.43 Å². The van der Waals surface area contributed by atoms with E-state index in [1.165, 1.54) is 0 Å². The van der Waals surface area contributed by atoms with Crippen LogP contribution in [-0.2, 0) is 4.43 Å². The van der Waals surface area contributed by atoms with E-state index in [-0.39, 0.29) is 0 Å². The fourth-order valence-electron chi connectivity index (χ4n) is 0.666. The quantitative estimate of drug-likeness (QED) is 0.490. The lowest BCUT2D eigenvalue weighted by molar-refractivity contribution is 0.347. The van der Waals surface area contributed by atoms with Gasteiger partial charge >= 0.3 is 6.94 Å². The van der Waals surface area contributed by atoms with E-state index in [1.54, 1.807) is 0 Å².